The average Bonchev–Trinajstić information content (AvgIpc) is 2.71. The van der Waals surface area contributed by atoms with Gasteiger partial charge in [0.05, 0.1) is 4.90 Å². The summed E-state index contributed by atoms with van der Waals surface area (Å²) in [6, 6.07) is 15.9. The van der Waals surface area contributed by atoms with Crippen molar-refractivity contribution in [2.75, 3.05) is 5.32 Å². The quantitative estimate of drug-likeness (QED) is 0.599. The molecule has 0 saturated heterocycles. The normalized spacial score (nSPS) is 12.4. The predicted molar refractivity (Wildman–Crippen MR) is 110 cm³/mol. The molecule has 0 radical (unpaired) electrons. The first-order chi connectivity index (χ1) is 14.2. The lowest BCUT2D eigenvalue weighted by Gasteiger charge is -2.19. The number of halogens is 2. The molecule has 1 amide bonds. The topological polar surface area (TPSA) is 75.3 Å². The minimum atomic E-state index is -4.10. The van der Waals surface area contributed by atoms with Crippen molar-refractivity contribution in [3.63, 3.8) is 0 Å². The molecular weight excluding hydrogens is 410 g/mol. The Hall–Kier alpha value is -3.10. The van der Waals surface area contributed by atoms with Crippen LogP contribution in [0.5, 0.6) is 0 Å². The van der Waals surface area contributed by atoms with Crippen LogP contribution in [0.3, 0.4) is 0 Å². The van der Waals surface area contributed by atoms with Gasteiger partial charge >= 0.3 is 0 Å². The standard InChI is InChI=1S/C22H20F2N2O3S/c1-15-7-8-18(24)14-20(15)25-22(27)21(13-16-5-3-2-4-6-16)26-30(28,29)19-11-9-17(23)10-12-19/h2-12,14,21,26H,13H2,1H3,(H,25,27). The fourth-order valence-corrected chi connectivity index (χ4v) is 4.05. The van der Waals surface area contributed by atoms with Gasteiger partial charge in [0.15, 0.2) is 0 Å². The molecule has 1 atom stereocenters. The molecule has 30 heavy (non-hydrogen) atoms. The SMILES string of the molecule is Cc1ccc(F)cc1NC(=O)C(Cc1ccccc1)NS(=O)(=O)c1ccc(F)cc1. The summed E-state index contributed by atoms with van der Waals surface area (Å²) in [5.41, 5.74) is 1.61. The van der Waals surface area contributed by atoms with E-state index in [0.29, 0.717) is 5.56 Å². The Labute approximate surface area is 173 Å². The van der Waals surface area contributed by atoms with Crippen LogP contribution >= 0.6 is 0 Å². The van der Waals surface area contributed by atoms with Crippen LogP contribution in [-0.4, -0.2) is 20.4 Å². The summed E-state index contributed by atoms with van der Waals surface area (Å²) in [6.07, 6.45) is 0.0709. The number of amides is 1. The largest absolute Gasteiger partial charge is 0.324 e. The van der Waals surface area contributed by atoms with E-state index in [1.165, 1.54) is 18.2 Å². The van der Waals surface area contributed by atoms with E-state index >= 15 is 0 Å². The zero-order chi connectivity index (χ0) is 21.7. The fraction of sp³-hybridized carbons (Fsp3) is 0.136. The Kier molecular flexibility index (Phi) is 6.59. The van der Waals surface area contributed by atoms with E-state index in [1.807, 2.05) is 0 Å². The molecule has 0 aliphatic carbocycles. The minimum absolute atomic E-state index is 0.0709. The molecule has 3 aromatic rings. The smallest absolute Gasteiger partial charge is 0.242 e. The van der Waals surface area contributed by atoms with Crippen LogP contribution in [0, 0.1) is 18.6 Å². The molecular formula is C22H20F2N2O3S. The third kappa shape index (κ3) is 5.49. The summed E-state index contributed by atoms with van der Waals surface area (Å²) in [5, 5.41) is 2.59. The van der Waals surface area contributed by atoms with Crippen LogP contribution in [0.25, 0.3) is 0 Å². The summed E-state index contributed by atoms with van der Waals surface area (Å²) in [4.78, 5) is 12.8. The molecule has 0 bridgehead atoms. The average molecular weight is 430 g/mol. The van der Waals surface area contributed by atoms with Gasteiger partial charge in [-0.25, -0.2) is 17.2 Å². The van der Waals surface area contributed by atoms with Gasteiger partial charge in [0, 0.05) is 5.69 Å². The van der Waals surface area contributed by atoms with Crippen molar-refractivity contribution in [1.29, 1.82) is 0 Å². The molecule has 0 aromatic heterocycles. The second-order valence-corrected chi connectivity index (χ2v) is 8.48. The van der Waals surface area contributed by atoms with Crippen molar-refractivity contribution < 1.29 is 22.0 Å². The number of carbonyl (C=O) groups excluding carboxylic acids is 1. The zero-order valence-electron chi connectivity index (χ0n) is 16.1. The number of carbonyl (C=O) groups is 1. The van der Waals surface area contributed by atoms with E-state index in [1.54, 1.807) is 37.3 Å². The van der Waals surface area contributed by atoms with E-state index < -0.39 is 33.6 Å². The number of hydrogen-bond acceptors (Lipinski definition) is 3. The lowest BCUT2D eigenvalue weighted by molar-refractivity contribution is -0.117. The third-order valence-electron chi connectivity index (χ3n) is 4.48. The second-order valence-electron chi connectivity index (χ2n) is 6.77. The van der Waals surface area contributed by atoms with Gasteiger partial charge in [-0.15, -0.1) is 0 Å². The van der Waals surface area contributed by atoms with Crippen molar-refractivity contribution in [1.82, 2.24) is 4.72 Å². The van der Waals surface area contributed by atoms with Crippen LogP contribution in [0.2, 0.25) is 0 Å². The van der Waals surface area contributed by atoms with Crippen LogP contribution < -0.4 is 10.0 Å². The maximum absolute atomic E-state index is 13.6. The number of aryl methyl sites for hydroxylation is 1. The van der Waals surface area contributed by atoms with E-state index in [0.717, 1.165) is 29.8 Å². The molecule has 0 fully saturated rings. The highest BCUT2D eigenvalue weighted by atomic mass is 32.2. The summed E-state index contributed by atoms with van der Waals surface area (Å²) in [7, 11) is -4.10. The first-order valence-corrected chi connectivity index (χ1v) is 10.6. The highest BCUT2D eigenvalue weighted by Crippen LogP contribution is 2.18. The molecule has 0 saturated carbocycles. The Morgan fingerprint density at radius 3 is 2.23 bits per heavy atom. The maximum atomic E-state index is 13.6. The van der Waals surface area contributed by atoms with Crippen LogP contribution in [0.1, 0.15) is 11.1 Å². The van der Waals surface area contributed by atoms with Crippen molar-refractivity contribution in [3.05, 3.63) is 95.6 Å². The monoisotopic (exact) mass is 430 g/mol. The van der Waals surface area contributed by atoms with Crippen LogP contribution in [0.4, 0.5) is 14.5 Å². The number of rotatable bonds is 7. The van der Waals surface area contributed by atoms with E-state index in [9.17, 15) is 22.0 Å². The van der Waals surface area contributed by atoms with Crippen molar-refractivity contribution >= 4 is 21.6 Å². The molecule has 2 N–H and O–H groups in total. The minimum Gasteiger partial charge on any atom is -0.324 e. The summed E-state index contributed by atoms with van der Waals surface area (Å²) in [6.45, 7) is 1.70. The first-order valence-electron chi connectivity index (χ1n) is 9.13. The van der Waals surface area contributed by atoms with Gasteiger partial charge in [-0.05, 0) is 60.9 Å². The summed E-state index contributed by atoms with van der Waals surface area (Å²) >= 11 is 0. The van der Waals surface area contributed by atoms with Crippen molar-refractivity contribution in [3.8, 4) is 0 Å². The maximum Gasteiger partial charge on any atom is 0.242 e. The molecule has 3 aromatic carbocycles. The van der Waals surface area contributed by atoms with Gasteiger partial charge in [-0.1, -0.05) is 36.4 Å². The highest BCUT2D eigenvalue weighted by Gasteiger charge is 2.26. The predicted octanol–water partition coefficient (Wildman–Crippen LogP) is 3.80. The Balaban J connectivity index is 1.88. The Morgan fingerprint density at radius 1 is 0.933 bits per heavy atom. The Morgan fingerprint density at radius 2 is 1.57 bits per heavy atom. The lowest BCUT2D eigenvalue weighted by atomic mass is 10.1. The van der Waals surface area contributed by atoms with Crippen molar-refractivity contribution in [2.24, 2.45) is 0 Å². The molecule has 8 heteroatoms. The van der Waals surface area contributed by atoms with E-state index in [-0.39, 0.29) is 17.0 Å². The highest BCUT2D eigenvalue weighted by molar-refractivity contribution is 7.89. The summed E-state index contributed by atoms with van der Waals surface area (Å²) in [5.74, 6) is -1.74. The van der Waals surface area contributed by atoms with E-state index in [4.69, 9.17) is 0 Å². The van der Waals surface area contributed by atoms with Gasteiger partial charge in [0.25, 0.3) is 0 Å². The number of sulfonamides is 1. The molecule has 0 heterocycles. The molecule has 0 spiro atoms. The summed E-state index contributed by atoms with van der Waals surface area (Å²) < 4.78 is 54.6. The van der Waals surface area contributed by atoms with Crippen molar-refractivity contribution in [2.45, 2.75) is 24.3 Å². The van der Waals surface area contributed by atoms with Crippen LogP contribution in [-0.2, 0) is 21.2 Å². The molecule has 156 valence electrons. The lowest BCUT2D eigenvalue weighted by Crippen LogP contribution is -2.45. The number of hydrogen-bond donors (Lipinski definition) is 2. The van der Waals surface area contributed by atoms with Crippen LogP contribution in [0.15, 0.2) is 77.7 Å². The number of benzene rings is 3. The molecule has 5 nitrogen and oxygen atoms in total. The Bertz CT molecular complexity index is 1130. The fourth-order valence-electron chi connectivity index (χ4n) is 2.86. The van der Waals surface area contributed by atoms with Gasteiger partial charge in [0.1, 0.15) is 17.7 Å². The molecule has 0 aliphatic rings. The van der Waals surface area contributed by atoms with Gasteiger partial charge in [0.2, 0.25) is 15.9 Å². The van der Waals surface area contributed by atoms with Gasteiger partial charge in [-0.2, -0.15) is 4.72 Å². The van der Waals surface area contributed by atoms with Gasteiger partial charge < -0.3 is 5.32 Å². The van der Waals surface area contributed by atoms with E-state index in [2.05, 4.69) is 10.0 Å². The zero-order valence-corrected chi connectivity index (χ0v) is 16.9. The van der Waals surface area contributed by atoms with Gasteiger partial charge in [-0.3, -0.25) is 4.79 Å². The number of anilines is 1. The molecule has 0 aliphatic heterocycles. The first kappa shape index (κ1) is 21.6. The third-order valence-corrected chi connectivity index (χ3v) is 5.97. The molecule has 3 rings (SSSR count). The molecule has 1 unspecified atom stereocenters. The number of nitrogens with one attached hydrogen (secondary N) is 2. The second kappa shape index (κ2) is 9.15.